The molecule has 0 spiro atoms. The van der Waals surface area contributed by atoms with E-state index in [1.165, 1.54) is 32.1 Å². The molecule has 0 radical (unpaired) electrons. The zero-order valence-electron chi connectivity index (χ0n) is 8.69. The molecule has 13 heavy (non-hydrogen) atoms. The number of halogens is 1. The lowest BCUT2D eigenvalue weighted by atomic mass is 10.0. The highest BCUT2D eigenvalue weighted by Gasteiger charge is 2.04. The molecule has 0 aliphatic rings. The number of nitrogens with two attached hydrogens (primary N) is 1. The van der Waals surface area contributed by atoms with E-state index in [4.69, 9.17) is 17.4 Å². The number of nitrogens with one attached hydrogen (secondary N) is 1. The highest BCUT2D eigenvalue weighted by molar-refractivity contribution is 6.17. The Hall–Kier alpha value is 0.210. The lowest BCUT2D eigenvalue weighted by molar-refractivity contribution is 0.438. The highest BCUT2D eigenvalue weighted by Crippen LogP contribution is 2.09. The zero-order valence-corrected chi connectivity index (χ0v) is 9.45. The van der Waals surface area contributed by atoms with Crippen LogP contribution >= 0.6 is 11.6 Å². The summed E-state index contributed by atoms with van der Waals surface area (Å²) in [6.45, 7) is 2.23. The van der Waals surface area contributed by atoms with Gasteiger partial charge in [0.1, 0.15) is 0 Å². The molecule has 0 saturated heterocycles. The first-order chi connectivity index (χ1) is 6.35. The van der Waals surface area contributed by atoms with E-state index in [1.807, 2.05) is 0 Å². The van der Waals surface area contributed by atoms with Crippen LogP contribution in [-0.2, 0) is 0 Å². The number of alkyl halides is 1. The Morgan fingerprint density at radius 2 is 1.85 bits per heavy atom. The molecule has 80 valence electrons. The average Bonchev–Trinajstić information content (AvgIpc) is 2.17. The average molecular weight is 207 g/mol. The van der Waals surface area contributed by atoms with Crippen LogP contribution in [0.3, 0.4) is 0 Å². The monoisotopic (exact) mass is 206 g/mol. The van der Waals surface area contributed by atoms with Crippen molar-refractivity contribution in [2.75, 3.05) is 5.88 Å². The van der Waals surface area contributed by atoms with E-state index in [-0.39, 0.29) is 0 Å². The van der Waals surface area contributed by atoms with Gasteiger partial charge in [0.25, 0.3) is 0 Å². The molecule has 0 aromatic carbocycles. The summed E-state index contributed by atoms with van der Waals surface area (Å²) >= 11 is 5.62. The number of hydrogen-bond acceptors (Lipinski definition) is 2. The summed E-state index contributed by atoms with van der Waals surface area (Å²) in [5.74, 6) is 6.18. The smallest absolute Gasteiger partial charge is 0.0224 e. The number of unbranched alkanes of at least 4 members (excludes halogenated alkanes) is 3. The Balaban J connectivity index is 3.25. The molecule has 1 unspecified atom stereocenters. The fourth-order valence-electron chi connectivity index (χ4n) is 1.45. The quantitative estimate of drug-likeness (QED) is 0.264. The number of hydrogen-bond donors (Lipinski definition) is 2. The predicted molar refractivity (Wildman–Crippen MR) is 59.8 cm³/mol. The first-order valence-electron chi connectivity index (χ1n) is 5.37. The van der Waals surface area contributed by atoms with Crippen molar-refractivity contribution in [3.05, 3.63) is 0 Å². The summed E-state index contributed by atoms with van der Waals surface area (Å²) in [5, 5.41) is 0. The molecule has 0 aromatic rings. The second-order valence-corrected chi connectivity index (χ2v) is 3.92. The van der Waals surface area contributed by atoms with Gasteiger partial charge in [-0.15, -0.1) is 11.6 Å². The normalized spacial score (nSPS) is 13.2. The maximum atomic E-state index is 5.62. The van der Waals surface area contributed by atoms with E-state index < -0.39 is 0 Å². The van der Waals surface area contributed by atoms with Crippen molar-refractivity contribution in [3.8, 4) is 0 Å². The molecule has 0 saturated carbocycles. The van der Waals surface area contributed by atoms with Crippen molar-refractivity contribution in [2.24, 2.45) is 5.84 Å². The molecule has 2 nitrogen and oxygen atoms in total. The van der Waals surface area contributed by atoms with Gasteiger partial charge in [-0.05, 0) is 19.3 Å². The Labute approximate surface area is 87.2 Å². The van der Waals surface area contributed by atoms with E-state index in [2.05, 4.69) is 12.3 Å². The fraction of sp³-hybridized carbons (Fsp3) is 1.00. The molecule has 0 heterocycles. The van der Waals surface area contributed by atoms with Gasteiger partial charge in [-0.2, -0.15) is 0 Å². The van der Waals surface area contributed by atoms with Gasteiger partial charge >= 0.3 is 0 Å². The molecule has 0 aromatic heterocycles. The van der Waals surface area contributed by atoms with Crippen LogP contribution in [0.15, 0.2) is 0 Å². The van der Waals surface area contributed by atoms with Crippen LogP contribution < -0.4 is 11.3 Å². The van der Waals surface area contributed by atoms with Crippen LogP contribution in [0.5, 0.6) is 0 Å². The Morgan fingerprint density at radius 1 is 1.15 bits per heavy atom. The van der Waals surface area contributed by atoms with Gasteiger partial charge in [0.15, 0.2) is 0 Å². The molecule has 0 aliphatic carbocycles. The van der Waals surface area contributed by atoms with Crippen LogP contribution in [0.1, 0.15) is 51.9 Å². The van der Waals surface area contributed by atoms with Gasteiger partial charge in [-0.1, -0.05) is 32.6 Å². The number of rotatable bonds is 9. The van der Waals surface area contributed by atoms with Gasteiger partial charge in [0.05, 0.1) is 0 Å². The summed E-state index contributed by atoms with van der Waals surface area (Å²) in [5.41, 5.74) is 2.86. The molecule has 1 atom stereocenters. The molecule has 0 fully saturated rings. The number of hydrazine groups is 1. The molecular weight excluding hydrogens is 184 g/mol. The van der Waals surface area contributed by atoms with Crippen LogP contribution in [0.4, 0.5) is 0 Å². The Bertz CT molecular complexity index is 98.9. The van der Waals surface area contributed by atoms with Crippen LogP contribution in [0, 0.1) is 0 Å². The maximum absolute atomic E-state index is 5.62. The van der Waals surface area contributed by atoms with Gasteiger partial charge in [0.2, 0.25) is 0 Å². The first-order valence-corrected chi connectivity index (χ1v) is 5.90. The maximum Gasteiger partial charge on any atom is 0.0224 e. The summed E-state index contributed by atoms with van der Waals surface area (Å²) in [4.78, 5) is 0. The molecule has 0 amide bonds. The lowest BCUT2D eigenvalue weighted by Gasteiger charge is -2.14. The third kappa shape index (κ3) is 8.54. The molecule has 3 N–H and O–H groups in total. The van der Waals surface area contributed by atoms with Crippen molar-refractivity contribution in [1.82, 2.24) is 5.43 Å². The minimum Gasteiger partial charge on any atom is -0.271 e. The molecule has 3 heteroatoms. The van der Waals surface area contributed by atoms with Crippen molar-refractivity contribution < 1.29 is 0 Å². The van der Waals surface area contributed by atoms with Crippen molar-refractivity contribution in [2.45, 2.75) is 57.9 Å². The predicted octanol–water partition coefficient (Wildman–Crippen LogP) is 2.81. The third-order valence-electron chi connectivity index (χ3n) is 2.33. The van der Waals surface area contributed by atoms with E-state index in [1.54, 1.807) is 0 Å². The largest absolute Gasteiger partial charge is 0.271 e. The Morgan fingerprint density at radius 3 is 2.38 bits per heavy atom. The fourth-order valence-corrected chi connectivity index (χ4v) is 1.61. The summed E-state index contributed by atoms with van der Waals surface area (Å²) < 4.78 is 0. The Kier molecular flexibility index (Phi) is 10.5. The second-order valence-electron chi connectivity index (χ2n) is 3.54. The molecular formula is C10H23ClN2. The molecule has 0 bridgehead atoms. The first kappa shape index (κ1) is 13.2. The van der Waals surface area contributed by atoms with Gasteiger partial charge in [-0.25, -0.2) is 0 Å². The summed E-state index contributed by atoms with van der Waals surface area (Å²) in [7, 11) is 0. The second kappa shape index (κ2) is 10.3. The molecule has 0 rings (SSSR count). The minimum absolute atomic E-state index is 0.468. The van der Waals surface area contributed by atoms with E-state index >= 15 is 0 Å². The topological polar surface area (TPSA) is 38.0 Å². The van der Waals surface area contributed by atoms with E-state index in [0.29, 0.717) is 6.04 Å². The zero-order chi connectivity index (χ0) is 9.94. The SMILES string of the molecule is CCCCCCC(CCCCl)NN. The lowest BCUT2D eigenvalue weighted by Crippen LogP contribution is -2.35. The van der Waals surface area contributed by atoms with E-state index in [0.717, 1.165) is 18.7 Å². The van der Waals surface area contributed by atoms with Crippen LogP contribution in [-0.4, -0.2) is 11.9 Å². The van der Waals surface area contributed by atoms with E-state index in [9.17, 15) is 0 Å². The summed E-state index contributed by atoms with van der Waals surface area (Å²) in [6.07, 6.45) is 8.60. The third-order valence-corrected chi connectivity index (χ3v) is 2.60. The molecule has 0 aliphatic heterocycles. The standard InChI is InChI=1S/C10H23ClN2/c1-2-3-4-5-7-10(13-12)8-6-9-11/h10,13H,2-9,12H2,1H3. The van der Waals surface area contributed by atoms with Gasteiger partial charge in [0, 0.05) is 11.9 Å². The van der Waals surface area contributed by atoms with Crippen molar-refractivity contribution >= 4 is 11.6 Å². The summed E-state index contributed by atoms with van der Waals surface area (Å²) in [6, 6.07) is 0.468. The van der Waals surface area contributed by atoms with Gasteiger partial charge in [-0.3, -0.25) is 11.3 Å². The minimum atomic E-state index is 0.468. The van der Waals surface area contributed by atoms with Gasteiger partial charge < -0.3 is 0 Å². The highest BCUT2D eigenvalue weighted by atomic mass is 35.5. The van der Waals surface area contributed by atoms with Crippen LogP contribution in [0.25, 0.3) is 0 Å². The van der Waals surface area contributed by atoms with Crippen molar-refractivity contribution in [1.29, 1.82) is 0 Å². The van der Waals surface area contributed by atoms with Crippen molar-refractivity contribution in [3.63, 3.8) is 0 Å². The van der Waals surface area contributed by atoms with Crippen LogP contribution in [0.2, 0.25) is 0 Å².